The molecule has 1 heterocycles. The molecule has 5 heteroatoms. The first kappa shape index (κ1) is 18.4. The summed E-state index contributed by atoms with van der Waals surface area (Å²) in [5, 5.41) is 15.9. The van der Waals surface area contributed by atoms with Gasteiger partial charge in [0.1, 0.15) is 0 Å². The number of fused-ring (bicyclic) bond motifs is 1. The largest absolute Gasteiger partial charge is 0.481 e. The Morgan fingerprint density at radius 3 is 2.24 bits per heavy atom. The number of carboxylic acids is 1. The van der Waals surface area contributed by atoms with E-state index in [-0.39, 0.29) is 5.41 Å². The molecule has 0 atom stereocenters. The van der Waals surface area contributed by atoms with Crippen molar-refractivity contribution < 1.29 is 9.90 Å². The van der Waals surface area contributed by atoms with Gasteiger partial charge in [-0.2, -0.15) is 10.2 Å². The highest BCUT2D eigenvalue weighted by atomic mass is 16.4. The molecule has 2 aromatic carbocycles. The van der Waals surface area contributed by atoms with Gasteiger partial charge in [-0.05, 0) is 23.8 Å². The number of benzene rings is 2. The van der Waals surface area contributed by atoms with Crippen LogP contribution in [-0.2, 0) is 10.2 Å². The van der Waals surface area contributed by atoms with Gasteiger partial charge in [-0.3, -0.25) is 4.79 Å². The lowest BCUT2D eigenvalue weighted by Gasteiger charge is -2.22. The van der Waals surface area contributed by atoms with E-state index >= 15 is 0 Å². The van der Waals surface area contributed by atoms with Crippen LogP contribution in [0.3, 0.4) is 0 Å². The number of hydrogen-bond acceptors (Lipinski definition) is 4. The Labute approximate surface area is 148 Å². The van der Waals surface area contributed by atoms with Gasteiger partial charge in [0.2, 0.25) is 0 Å². The predicted octanol–water partition coefficient (Wildman–Crippen LogP) is 5.13. The normalized spacial score (nSPS) is 16.5. The quantitative estimate of drug-likeness (QED) is 0.773. The van der Waals surface area contributed by atoms with E-state index in [0.717, 1.165) is 18.3 Å². The summed E-state index contributed by atoms with van der Waals surface area (Å²) in [6, 6.07) is 18.3. The van der Waals surface area contributed by atoms with Crippen molar-refractivity contribution in [3.05, 3.63) is 72.1 Å². The van der Waals surface area contributed by atoms with Gasteiger partial charge in [-0.25, -0.2) is 0 Å². The van der Waals surface area contributed by atoms with E-state index in [0.29, 0.717) is 0 Å². The minimum atomic E-state index is -0.833. The number of likely N-dealkylation sites (N-methyl/N-ethyl adjacent to an activating group) is 1. The molecule has 0 amide bonds. The molecule has 25 heavy (non-hydrogen) atoms. The van der Waals surface area contributed by atoms with Gasteiger partial charge < -0.3 is 10.0 Å². The highest BCUT2D eigenvalue weighted by Crippen LogP contribution is 2.46. The lowest BCUT2D eigenvalue weighted by atomic mass is 9.84. The Bertz CT molecular complexity index is 792. The van der Waals surface area contributed by atoms with Crippen molar-refractivity contribution in [3.8, 4) is 0 Å². The molecule has 0 spiro atoms. The van der Waals surface area contributed by atoms with Crippen LogP contribution in [0.4, 0.5) is 11.4 Å². The first-order valence-corrected chi connectivity index (χ1v) is 8.03. The van der Waals surface area contributed by atoms with Crippen LogP contribution in [0.25, 0.3) is 0 Å². The highest BCUT2D eigenvalue weighted by molar-refractivity contribution is 5.69. The van der Waals surface area contributed by atoms with E-state index < -0.39 is 5.97 Å². The Hall–Kier alpha value is -2.95. The number of anilines is 1. The molecule has 0 aliphatic carbocycles. The maximum atomic E-state index is 9.00. The average Bonchev–Trinajstić information content (AvgIpc) is 2.76. The second-order valence-electron chi connectivity index (χ2n) is 6.29. The molecular formula is C20H23N3O2. The molecule has 2 aromatic rings. The minimum absolute atomic E-state index is 0.0545. The van der Waals surface area contributed by atoms with Gasteiger partial charge in [0.25, 0.3) is 5.97 Å². The summed E-state index contributed by atoms with van der Waals surface area (Å²) in [5.41, 5.74) is 4.53. The number of carboxylic acid groups (broad SMARTS) is 1. The Morgan fingerprint density at radius 1 is 1.08 bits per heavy atom. The van der Waals surface area contributed by atoms with Crippen molar-refractivity contribution in [2.24, 2.45) is 10.2 Å². The SMILES string of the molecule is CC(=O)O.CN1C(=CN=Nc2ccccc2)C(C)(C)c2ccccc21. The van der Waals surface area contributed by atoms with Crippen LogP contribution in [0, 0.1) is 0 Å². The van der Waals surface area contributed by atoms with Crippen molar-refractivity contribution in [2.75, 3.05) is 11.9 Å². The molecular weight excluding hydrogens is 314 g/mol. The lowest BCUT2D eigenvalue weighted by Crippen LogP contribution is -2.22. The number of aliphatic carboxylic acids is 1. The zero-order valence-electron chi connectivity index (χ0n) is 15.0. The second-order valence-corrected chi connectivity index (χ2v) is 6.29. The standard InChI is InChI=1S/C18H19N3.C2H4O2/c1-18(2)15-11-7-8-12-16(15)21(3)17(18)13-19-20-14-9-5-4-6-10-14;1-2(3)4/h4-13H,1-3H3;1H3,(H,3,4). The fourth-order valence-corrected chi connectivity index (χ4v) is 2.87. The van der Waals surface area contributed by atoms with Crippen LogP contribution in [0.15, 0.2) is 76.7 Å². The van der Waals surface area contributed by atoms with E-state index in [2.05, 4.69) is 60.3 Å². The van der Waals surface area contributed by atoms with Crippen molar-refractivity contribution in [1.82, 2.24) is 0 Å². The molecule has 0 aromatic heterocycles. The molecule has 3 rings (SSSR count). The zero-order chi connectivity index (χ0) is 18.4. The van der Waals surface area contributed by atoms with Crippen LogP contribution >= 0.6 is 0 Å². The number of carbonyl (C=O) groups is 1. The molecule has 0 unspecified atom stereocenters. The minimum Gasteiger partial charge on any atom is -0.481 e. The maximum Gasteiger partial charge on any atom is 0.300 e. The topological polar surface area (TPSA) is 65.3 Å². The average molecular weight is 337 g/mol. The van der Waals surface area contributed by atoms with Crippen LogP contribution < -0.4 is 4.90 Å². The molecule has 0 saturated heterocycles. The third-order valence-electron chi connectivity index (χ3n) is 4.05. The maximum absolute atomic E-state index is 9.00. The summed E-state index contributed by atoms with van der Waals surface area (Å²) in [6.07, 6.45) is 1.87. The predicted molar refractivity (Wildman–Crippen MR) is 100 cm³/mol. The van der Waals surface area contributed by atoms with Gasteiger partial charge in [-0.15, -0.1) is 0 Å². The van der Waals surface area contributed by atoms with Crippen LogP contribution in [0.2, 0.25) is 0 Å². The summed E-state index contributed by atoms with van der Waals surface area (Å²) in [4.78, 5) is 11.2. The third-order valence-corrected chi connectivity index (χ3v) is 4.05. The molecule has 5 nitrogen and oxygen atoms in total. The summed E-state index contributed by atoms with van der Waals surface area (Å²) < 4.78 is 0. The second kappa shape index (κ2) is 7.75. The van der Waals surface area contributed by atoms with E-state index in [1.165, 1.54) is 11.3 Å². The number of nitrogens with zero attached hydrogens (tertiary/aromatic N) is 3. The summed E-state index contributed by atoms with van der Waals surface area (Å²) >= 11 is 0. The molecule has 0 radical (unpaired) electrons. The number of para-hydroxylation sites is 1. The van der Waals surface area contributed by atoms with E-state index in [1.807, 2.05) is 36.5 Å². The Morgan fingerprint density at radius 2 is 1.64 bits per heavy atom. The summed E-state index contributed by atoms with van der Waals surface area (Å²) in [7, 11) is 2.08. The van der Waals surface area contributed by atoms with Crippen LogP contribution in [0.1, 0.15) is 26.3 Å². The smallest absolute Gasteiger partial charge is 0.300 e. The van der Waals surface area contributed by atoms with Crippen molar-refractivity contribution in [2.45, 2.75) is 26.2 Å². The van der Waals surface area contributed by atoms with Gasteiger partial charge in [0.05, 0.1) is 11.9 Å². The van der Waals surface area contributed by atoms with Crippen molar-refractivity contribution >= 4 is 17.3 Å². The van der Waals surface area contributed by atoms with Crippen LogP contribution in [0.5, 0.6) is 0 Å². The Balaban J connectivity index is 0.000000511. The van der Waals surface area contributed by atoms with Crippen molar-refractivity contribution in [3.63, 3.8) is 0 Å². The highest BCUT2D eigenvalue weighted by Gasteiger charge is 2.38. The van der Waals surface area contributed by atoms with Gasteiger partial charge in [-0.1, -0.05) is 50.2 Å². The zero-order valence-corrected chi connectivity index (χ0v) is 15.0. The number of azo groups is 1. The number of hydrogen-bond donors (Lipinski definition) is 1. The molecule has 1 N–H and O–H groups in total. The van der Waals surface area contributed by atoms with E-state index in [4.69, 9.17) is 9.90 Å². The van der Waals surface area contributed by atoms with E-state index in [1.54, 1.807) is 0 Å². The van der Waals surface area contributed by atoms with Gasteiger partial charge >= 0.3 is 0 Å². The first-order valence-electron chi connectivity index (χ1n) is 8.03. The van der Waals surface area contributed by atoms with E-state index in [9.17, 15) is 0 Å². The summed E-state index contributed by atoms with van der Waals surface area (Å²) in [6.45, 7) is 5.53. The fourth-order valence-electron chi connectivity index (χ4n) is 2.87. The Kier molecular flexibility index (Phi) is 5.70. The molecule has 0 fully saturated rings. The molecule has 0 saturated carbocycles. The van der Waals surface area contributed by atoms with Gasteiger partial charge in [0.15, 0.2) is 0 Å². The van der Waals surface area contributed by atoms with Crippen molar-refractivity contribution in [1.29, 1.82) is 0 Å². The molecule has 0 bridgehead atoms. The number of rotatable bonds is 2. The van der Waals surface area contributed by atoms with Crippen LogP contribution in [-0.4, -0.2) is 18.1 Å². The monoisotopic (exact) mass is 337 g/mol. The number of allylic oxidation sites excluding steroid dienone is 1. The van der Waals surface area contributed by atoms with Gasteiger partial charge in [0, 0.05) is 30.8 Å². The molecule has 130 valence electrons. The lowest BCUT2D eigenvalue weighted by molar-refractivity contribution is -0.134. The molecule has 1 aliphatic rings. The molecule has 1 aliphatic heterocycles. The fraction of sp³-hybridized carbons (Fsp3) is 0.250. The third kappa shape index (κ3) is 4.32. The summed E-state index contributed by atoms with van der Waals surface area (Å²) in [5.74, 6) is -0.833. The first-order chi connectivity index (χ1) is 11.8.